The first kappa shape index (κ1) is 9.33. The quantitative estimate of drug-likeness (QED) is 0.642. The summed E-state index contributed by atoms with van der Waals surface area (Å²) in [4.78, 5) is 2.34. The molecule has 1 aliphatic heterocycles. The number of rotatable bonds is 2. The molecule has 0 unspecified atom stereocenters. The number of piperidine rings is 1. The zero-order valence-corrected chi connectivity index (χ0v) is 8.45. The van der Waals surface area contributed by atoms with Gasteiger partial charge in [-0.25, -0.2) is 0 Å². The third-order valence-electron chi connectivity index (χ3n) is 2.75. The number of nitrogens with zero attached hydrogens (tertiary/aromatic N) is 2. The van der Waals surface area contributed by atoms with Crippen molar-refractivity contribution in [3.05, 3.63) is 6.20 Å². The minimum Gasteiger partial charge on any atom is -0.382 e. The zero-order valence-electron chi connectivity index (χ0n) is 8.45. The molecule has 78 valence electrons. The first-order chi connectivity index (χ1) is 6.75. The van der Waals surface area contributed by atoms with Gasteiger partial charge in [0.25, 0.3) is 0 Å². The molecule has 0 amide bonds. The van der Waals surface area contributed by atoms with Crippen molar-refractivity contribution in [2.45, 2.75) is 18.9 Å². The highest BCUT2D eigenvalue weighted by atomic mass is 15.2. The van der Waals surface area contributed by atoms with E-state index in [1.165, 1.54) is 12.8 Å². The van der Waals surface area contributed by atoms with Gasteiger partial charge in [-0.3, -0.25) is 5.10 Å². The zero-order chi connectivity index (χ0) is 9.97. The van der Waals surface area contributed by atoms with E-state index in [1.54, 1.807) is 6.20 Å². The Morgan fingerprint density at radius 2 is 2.29 bits per heavy atom. The van der Waals surface area contributed by atoms with Crippen LogP contribution in [0.25, 0.3) is 0 Å². The van der Waals surface area contributed by atoms with Gasteiger partial charge in [0.1, 0.15) is 5.82 Å². The highest BCUT2D eigenvalue weighted by Crippen LogP contribution is 2.18. The molecule has 0 bridgehead atoms. The number of aromatic nitrogens is 2. The van der Waals surface area contributed by atoms with Crippen LogP contribution in [0, 0.1) is 0 Å². The van der Waals surface area contributed by atoms with Crippen LogP contribution in [0.2, 0.25) is 0 Å². The molecule has 4 N–H and O–H groups in total. The minimum absolute atomic E-state index is 0.533. The fraction of sp³-hybridized carbons (Fsp3) is 0.667. The van der Waals surface area contributed by atoms with Crippen molar-refractivity contribution in [2.24, 2.45) is 0 Å². The number of nitrogens with two attached hydrogens (primary N) is 1. The second kappa shape index (κ2) is 3.88. The van der Waals surface area contributed by atoms with E-state index in [2.05, 4.69) is 27.5 Å². The summed E-state index contributed by atoms with van der Waals surface area (Å²) in [5.41, 5.74) is 6.62. The van der Waals surface area contributed by atoms with Crippen LogP contribution in [0.5, 0.6) is 0 Å². The molecule has 2 heterocycles. The molecule has 0 spiro atoms. The maximum absolute atomic E-state index is 5.69. The van der Waals surface area contributed by atoms with E-state index >= 15 is 0 Å². The van der Waals surface area contributed by atoms with Gasteiger partial charge in [-0.05, 0) is 33.0 Å². The van der Waals surface area contributed by atoms with E-state index < -0.39 is 0 Å². The van der Waals surface area contributed by atoms with Crippen molar-refractivity contribution in [1.82, 2.24) is 15.1 Å². The smallest absolute Gasteiger partial charge is 0.142 e. The van der Waals surface area contributed by atoms with Gasteiger partial charge < -0.3 is 16.0 Å². The number of nitrogen functional groups attached to an aromatic ring is 1. The van der Waals surface area contributed by atoms with Crippen molar-refractivity contribution in [1.29, 1.82) is 0 Å². The topological polar surface area (TPSA) is 70.0 Å². The lowest BCUT2D eigenvalue weighted by Crippen LogP contribution is -2.36. The summed E-state index contributed by atoms with van der Waals surface area (Å²) in [6, 6.07) is 0.533. The third-order valence-corrected chi connectivity index (χ3v) is 2.75. The minimum atomic E-state index is 0.533. The first-order valence-electron chi connectivity index (χ1n) is 4.99. The molecule has 0 aromatic carbocycles. The van der Waals surface area contributed by atoms with E-state index in [0.717, 1.165) is 18.8 Å². The van der Waals surface area contributed by atoms with Crippen LogP contribution in [0.4, 0.5) is 11.5 Å². The van der Waals surface area contributed by atoms with E-state index in [4.69, 9.17) is 5.73 Å². The maximum Gasteiger partial charge on any atom is 0.142 e. The molecule has 14 heavy (non-hydrogen) atoms. The Labute approximate surface area is 83.7 Å². The predicted octanol–water partition coefficient (Wildman–Crippen LogP) is 0.498. The number of nitrogens with one attached hydrogen (secondary N) is 2. The van der Waals surface area contributed by atoms with Crippen molar-refractivity contribution in [3.8, 4) is 0 Å². The Morgan fingerprint density at radius 1 is 1.57 bits per heavy atom. The molecule has 1 aromatic rings. The van der Waals surface area contributed by atoms with Crippen molar-refractivity contribution < 1.29 is 0 Å². The maximum atomic E-state index is 5.69. The predicted molar refractivity (Wildman–Crippen MR) is 57.1 cm³/mol. The lowest BCUT2D eigenvalue weighted by Gasteiger charge is -2.29. The van der Waals surface area contributed by atoms with Crippen LogP contribution in [0.1, 0.15) is 12.8 Å². The second-order valence-corrected chi connectivity index (χ2v) is 3.92. The van der Waals surface area contributed by atoms with Gasteiger partial charge in [0.2, 0.25) is 0 Å². The number of aromatic amines is 1. The summed E-state index contributed by atoms with van der Waals surface area (Å²) in [5, 5.41) is 10.0. The molecule has 1 aliphatic rings. The average molecular weight is 195 g/mol. The Kier molecular flexibility index (Phi) is 2.58. The van der Waals surface area contributed by atoms with E-state index in [1.807, 2.05) is 0 Å². The Morgan fingerprint density at radius 3 is 2.86 bits per heavy atom. The average Bonchev–Trinajstić information content (AvgIpc) is 2.56. The van der Waals surface area contributed by atoms with Crippen molar-refractivity contribution in [3.63, 3.8) is 0 Å². The van der Waals surface area contributed by atoms with Crippen LogP contribution in [0.15, 0.2) is 6.20 Å². The highest BCUT2D eigenvalue weighted by molar-refractivity contribution is 5.60. The molecular formula is C9H17N5. The van der Waals surface area contributed by atoms with Gasteiger partial charge in [0.15, 0.2) is 0 Å². The second-order valence-electron chi connectivity index (χ2n) is 3.92. The molecular weight excluding hydrogens is 178 g/mol. The molecule has 0 atom stereocenters. The monoisotopic (exact) mass is 195 g/mol. The van der Waals surface area contributed by atoms with E-state index in [9.17, 15) is 0 Å². The summed E-state index contributed by atoms with van der Waals surface area (Å²) >= 11 is 0. The Hall–Kier alpha value is -1.23. The van der Waals surface area contributed by atoms with Crippen LogP contribution >= 0.6 is 0 Å². The summed E-state index contributed by atoms with van der Waals surface area (Å²) in [5.74, 6) is 0.629. The normalized spacial score (nSPS) is 19.8. The number of hydrogen-bond acceptors (Lipinski definition) is 4. The lowest BCUT2D eigenvalue weighted by molar-refractivity contribution is 0.264. The number of hydrogen-bond donors (Lipinski definition) is 3. The van der Waals surface area contributed by atoms with Crippen molar-refractivity contribution in [2.75, 3.05) is 31.2 Å². The third kappa shape index (κ3) is 1.98. The molecule has 1 fully saturated rings. The molecule has 0 radical (unpaired) electrons. The van der Waals surface area contributed by atoms with E-state index in [0.29, 0.717) is 11.9 Å². The van der Waals surface area contributed by atoms with Crippen LogP contribution in [-0.4, -0.2) is 41.3 Å². The van der Waals surface area contributed by atoms with Gasteiger partial charge in [-0.1, -0.05) is 0 Å². The lowest BCUT2D eigenvalue weighted by atomic mass is 10.1. The summed E-state index contributed by atoms with van der Waals surface area (Å²) < 4.78 is 0. The first-order valence-corrected chi connectivity index (χ1v) is 4.99. The SMILES string of the molecule is CN1CCC(Nc2cn[nH]c2N)CC1. The summed E-state index contributed by atoms with van der Waals surface area (Å²) in [6.07, 6.45) is 4.08. The van der Waals surface area contributed by atoms with Crippen LogP contribution in [-0.2, 0) is 0 Å². The number of anilines is 2. The summed E-state index contributed by atoms with van der Waals surface area (Å²) in [7, 11) is 2.16. The molecule has 1 saturated heterocycles. The van der Waals surface area contributed by atoms with Gasteiger partial charge in [0, 0.05) is 6.04 Å². The van der Waals surface area contributed by atoms with Crippen LogP contribution < -0.4 is 11.1 Å². The van der Waals surface area contributed by atoms with Gasteiger partial charge in [-0.2, -0.15) is 5.10 Å². The fourth-order valence-corrected chi connectivity index (χ4v) is 1.78. The Balaban J connectivity index is 1.89. The highest BCUT2D eigenvalue weighted by Gasteiger charge is 2.17. The van der Waals surface area contributed by atoms with Gasteiger partial charge in [0.05, 0.1) is 11.9 Å². The molecule has 0 saturated carbocycles. The Bertz CT molecular complexity index is 287. The molecule has 5 heteroatoms. The molecule has 0 aliphatic carbocycles. The van der Waals surface area contributed by atoms with Gasteiger partial charge >= 0.3 is 0 Å². The number of H-pyrrole nitrogens is 1. The number of likely N-dealkylation sites (tertiary alicyclic amines) is 1. The van der Waals surface area contributed by atoms with E-state index in [-0.39, 0.29) is 0 Å². The standard InChI is InChI=1S/C9H17N5/c1-14-4-2-7(3-5-14)12-8-6-11-13-9(8)10/h6-7,12H,2-5H2,1H3,(H3,10,11,13). The summed E-state index contributed by atoms with van der Waals surface area (Å²) in [6.45, 7) is 2.30. The molecule has 2 rings (SSSR count). The van der Waals surface area contributed by atoms with Crippen molar-refractivity contribution >= 4 is 11.5 Å². The largest absolute Gasteiger partial charge is 0.382 e. The molecule has 1 aromatic heterocycles. The molecule has 5 nitrogen and oxygen atoms in total. The van der Waals surface area contributed by atoms with Gasteiger partial charge in [-0.15, -0.1) is 0 Å². The fourth-order valence-electron chi connectivity index (χ4n) is 1.78. The van der Waals surface area contributed by atoms with Crippen LogP contribution in [0.3, 0.4) is 0 Å².